The molecule has 0 spiro atoms. The van der Waals surface area contributed by atoms with Gasteiger partial charge in [-0.2, -0.15) is 0 Å². The van der Waals surface area contributed by atoms with E-state index in [2.05, 4.69) is 12.2 Å². The molecule has 0 unspecified atom stereocenters. The normalized spacial score (nSPS) is 18.9. The summed E-state index contributed by atoms with van der Waals surface area (Å²) >= 11 is 0. The standard InChI is InChI=1S/C23H27NO4/c1-17-7-5-6-10-21(17)24-22(25)16-28-23(26)19-13-11-18(12-14-19)15-27-20-8-3-2-4-9-20/h2-4,8-9,11-14,17,21H,5-7,10,15-16H2,1H3,(H,24,25)/t17-,21+/m1/s1. The molecule has 1 aliphatic carbocycles. The smallest absolute Gasteiger partial charge is 0.338 e. The maximum atomic E-state index is 12.2. The summed E-state index contributed by atoms with van der Waals surface area (Å²) in [6.07, 6.45) is 4.47. The van der Waals surface area contributed by atoms with E-state index in [0.29, 0.717) is 18.1 Å². The zero-order valence-corrected chi connectivity index (χ0v) is 16.2. The van der Waals surface area contributed by atoms with Crippen LogP contribution in [-0.4, -0.2) is 24.5 Å². The molecule has 1 amide bonds. The van der Waals surface area contributed by atoms with Crippen molar-refractivity contribution in [2.24, 2.45) is 5.92 Å². The van der Waals surface area contributed by atoms with Crippen LogP contribution in [0.25, 0.3) is 0 Å². The third kappa shape index (κ3) is 5.84. The predicted molar refractivity (Wildman–Crippen MR) is 107 cm³/mol. The molecule has 0 aliphatic heterocycles. The number of rotatable bonds is 7. The topological polar surface area (TPSA) is 64.6 Å². The average Bonchev–Trinajstić information content (AvgIpc) is 2.73. The minimum absolute atomic E-state index is 0.184. The Kier molecular flexibility index (Phi) is 7.06. The number of ether oxygens (including phenoxy) is 2. The van der Waals surface area contributed by atoms with Gasteiger partial charge in [-0.05, 0) is 48.6 Å². The van der Waals surface area contributed by atoms with Gasteiger partial charge in [0.25, 0.3) is 5.91 Å². The van der Waals surface area contributed by atoms with Gasteiger partial charge in [-0.25, -0.2) is 4.79 Å². The first-order valence-electron chi connectivity index (χ1n) is 9.85. The van der Waals surface area contributed by atoms with Gasteiger partial charge in [-0.15, -0.1) is 0 Å². The van der Waals surface area contributed by atoms with Crippen LogP contribution >= 0.6 is 0 Å². The second-order valence-electron chi connectivity index (χ2n) is 7.31. The molecule has 1 N–H and O–H groups in total. The van der Waals surface area contributed by atoms with Gasteiger partial charge in [-0.1, -0.05) is 50.1 Å². The molecule has 2 aromatic carbocycles. The van der Waals surface area contributed by atoms with E-state index in [1.54, 1.807) is 12.1 Å². The molecular weight excluding hydrogens is 354 g/mol. The molecule has 0 aromatic heterocycles. The number of carbonyl (C=O) groups excluding carboxylic acids is 2. The molecule has 0 radical (unpaired) electrons. The van der Waals surface area contributed by atoms with Crippen molar-refractivity contribution in [2.75, 3.05) is 6.61 Å². The highest BCUT2D eigenvalue weighted by Gasteiger charge is 2.23. The van der Waals surface area contributed by atoms with Gasteiger partial charge < -0.3 is 14.8 Å². The van der Waals surface area contributed by atoms with Crippen LogP contribution in [0, 0.1) is 5.92 Å². The van der Waals surface area contributed by atoms with E-state index < -0.39 is 5.97 Å². The molecule has 0 bridgehead atoms. The summed E-state index contributed by atoms with van der Waals surface area (Å²) in [5, 5.41) is 2.98. The average molecular weight is 381 g/mol. The van der Waals surface area contributed by atoms with Crippen molar-refractivity contribution in [3.63, 3.8) is 0 Å². The molecule has 3 rings (SSSR count). The Bertz CT molecular complexity index is 773. The molecule has 1 aliphatic rings. The Balaban J connectivity index is 1.43. The van der Waals surface area contributed by atoms with Crippen LogP contribution in [0.3, 0.4) is 0 Å². The highest BCUT2D eigenvalue weighted by atomic mass is 16.5. The minimum atomic E-state index is -0.498. The minimum Gasteiger partial charge on any atom is -0.489 e. The second kappa shape index (κ2) is 9.93. The van der Waals surface area contributed by atoms with Crippen molar-refractivity contribution in [3.8, 4) is 5.75 Å². The van der Waals surface area contributed by atoms with Crippen LogP contribution < -0.4 is 10.1 Å². The number of benzene rings is 2. The van der Waals surface area contributed by atoms with Crippen molar-refractivity contribution >= 4 is 11.9 Å². The van der Waals surface area contributed by atoms with E-state index in [0.717, 1.165) is 30.6 Å². The van der Waals surface area contributed by atoms with Crippen LogP contribution in [-0.2, 0) is 16.1 Å². The van der Waals surface area contributed by atoms with E-state index in [1.165, 1.54) is 6.42 Å². The van der Waals surface area contributed by atoms with Crippen molar-refractivity contribution in [3.05, 3.63) is 65.7 Å². The highest BCUT2D eigenvalue weighted by Crippen LogP contribution is 2.23. The quantitative estimate of drug-likeness (QED) is 0.733. The maximum absolute atomic E-state index is 12.2. The third-order valence-corrected chi connectivity index (χ3v) is 5.13. The number of para-hydroxylation sites is 1. The van der Waals surface area contributed by atoms with Gasteiger partial charge >= 0.3 is 5.97 Å². The Hall–Kier alpha value is -2.82. The lowest BCUT2D eigenvalue weighted by atomic mass is 9.86. The van der Waals surface area contributed by atoms with Crippen molar-refractivity contribution in [2.45, 2.75) is 45.3 Å². The molecule has 0 saturated heterocycles. The molecule has 2 aromatic rings. The lowest BCUT2D eigenvalue weighted by Crippen LogP contribution is -2.42. The molecule has 28 heavy (non-hydrogen) atoms. The van der Waals surface area contributed by atoms with E-state index in [-0.39, 0.29) is 18.6 Å². The fourth-order valence-corrected chi connectivity index (χ4v) is 3.41. The summed E-state index contributed by atoms with van der Waals surface area (Å²) in [5.74, 6) is 0.533. The zero-order chi connectivity index (χ0) is 19.8. The first-order chi connectivity index (χ1) is 13.6. The Labute approximate surface area is 166 Å². The number of carbonyl (C=O) groups is 2. The lowest BCUT2D eigenvalue weighted by molar-refractivity contribution is -0.125. The number of hydrogen-bond acceptors (Lipinski definition) is 4. The lowest BCUT2D eigenvalue weighted by Gasteiger charge is -2.29. The SMILES string of the molecule is C[C@@H]1CCCC[C@@H]1NC(=O)COC(=O)c1ccc(COc2ccccc2)cc1. The van der Waals surface area contributed by atoms with E-state index in [1.807, 2.05) is 42.5 Å². The number of esters is 1. The first-order valence-corrected chi connectivity index (χ1v) is 9.85. The number of hydrogen-bond donors (Lipinski definition) is 1. The van der Waals surface area contributed by atoms with Crippen LogP contribution in [0.15, 0.2) is 54.6 Å². The zero-order valence-electron chi connectivity index (χ0n) is 16.2. The summed E-state index contributed by atoms with van der Waals surface area (Å²) in [5.41, 5.74) is 1.37. The third-order valence-electron chi connectivity index (χ3n) is 5.13. The summed E-state index contributed by atoms with van der Waals surface area (Å²) in [6.45, 7) is 2.32. The number of amides is 1. The first kappa shape index (κ1) is 19.9. The van der Waals surface area contributed by atoms with E-state index in [9.17, 15) is 9.59 Å². The van der Waals surface area contributed by atoms with Gasteiger partial charge in [0.1, 0.15) is 12.4 Å². The summed E-state index contributed by atoms with van der Waals surface area (Å²) in [6, 6.07) is 16.8. The molecule has 1 fully saturated rings. The predicted octanol–water partition coefficient (Wildman–Crippen LogP) is 4.12. The van der Waals surface area contributed by atoms with Crippen LogP contribution in [0.5, 0.6) is 5.75 Å². The van der Waals surface area contributed by atoms with Crippen LogP contribution in [0.1, 0.15) is 48.5 Å². The summed E-state index contributed by atoms with van der Waals surface area (Å²) < 4.78 is 10.8. The second-order valence-corrected chi connectivity index (χ2v) is 7.31. The Morgan fingerprint density at radius 1 is 1.00 bits per heavy atom. The fourth-order valence-electron chi connectivity index (χ4n) is 3.41. The van der Waals surface area contributed by atoms with Crippen molar-refractivity contribution < 1.29 is 19.1 Å². The Morgan fingerprint density at radius 3 is 2.43 bits per heavy atom. The van der Waals surface area contributed by atoms with Crippen LogP contribution in [0.2, 0.25) is 0 Å². The number of nitrogens with one attached hydrogen (secondary N) is 1. The van der Waals surface area contributed by atoms with E-state index >= 15 is 0 Å². The van der Waals surface area contributed by atoms with Gasteiger partial charge in [0.05, 0.1) is 5.56 Å². The molecule has 0 heterocycles. The highest BCUT2D eigenvalue weighted by molar-refractivity contribution is 5.91. The Morgan fingerprint density at radius 2 is 1.71 bits per heavy atom. The maximum Gasteiger partial charge on any atom is 0.338 e. The summed E-state index contributed by atoms with van der Waals surface area (Å²) in [7, 11) is 0. The van der Waals surface area contributed by atoms with Crippen LogP contribution in [0.4, 0.5) is 0 Å². The molecule has 2 atom stereocenters. The summed E-state index contributed by atoms with van der Waals surface area (Å²) in [4.78, 5) is 24.2. The van der Waals surface area contributed by atoms with Crippen molar-refractivity contribution in [1.29, 1.82) is 0 Å². The molecule has 148 valence electrons. The van der Waals surface area contributed by atoms with Gasteiger partial charge in [0.2, 0.25) is 0 Å². The van der Waals surface area contributed by atoms with Crippen molar-refractivity contribution in [1.82, 2.24) is 5.32 Å². The monoisotopic (exact) mass is 381 g/mol. The molecule has 5 heteroatoms. The molecule has 5 nitrogen and oxygen atoms in total. The largest absolute Gasteiger partial charge is 0.489 e. The van der Waals surface area contributed by atoms with E-state index in [4.69, 9.17) is 9.47 Å². The molecule has 1 saturated carbocycles. The van der Waals surface area contributed by atoms with Gasteiger partial charge in [0, 0.05) is 6.04 Å². The van der Waals surface area contributed by atoms with Gasteiger partial charge in [0.15, 0.2) is 6.61 Å². The van der Waals surface area contributed by atoms with Gasteiger partial charge in [-0.3, -0.25) is 4.79 Å². The fraction of sp³-hybridized carbons (Fsp3) is 0.391. The molecular formula is C23H27NO4.